The molecule has 1 unspecified atom stereocenters. The van der Waals surface area contributed by atoms with E-state index in [0.29, 0.717) is 0 Å². The largest absolute Gasteiger partial charge is 0.472 e. The summed E-state index contributed by atoms with van der Waals surface area (Å²) in [5, 5.41) is 9.65. The summed E-state index contributed by atoms with van der Waals surface area (Å²) in [5.41, 5.74) is 5.18. The van der Waals surface area contributed by atoms with E-state index in [1.54, 1.807) is 0 Å². The second kappa shape index (κ2) is 24.0. The number of phosphoric acid groups is 1. The van der Waals surface area contributed by atoms with Crippen LogP contribution >= 0.6 is 7.82 Å². The first-order chi connectivity index (χ1) is 16.0. The predicted molar refractivity (Wildman–Crippen MR) is 134 cm³/mol. The first kappa shape index (κ1) is 31.9. The lowest BCUT2D eigenvalue weighted by Crippen LogP contribution is -2.20. The summed E-state index contributed by atoms with van der Waals surface area (Å²) in [6.07, 6.45) is 25.9. The maximum Gasteiger partial charge on any atom is 0.472 e. The van der Waals surface area contributed by atoms with Gasteiger partial charge in [0.05, 0.1) is 13.2 Å². The Morgan fingerprint density at radius 1 is 0.909 bits per heavy atom. The molecule has 0 aliphatic rings. The van der Waals surface area contributed by atoms with Crippen LogP contribution in [0.15, 0.2) is 24.3 Å². The van der Waals surface area contributed by atoms with Crippen LogP contribution in [0.25, 0.3) is 0 Å². The number of nitrogens with two attached hydrogens (primary N) is 1. The van der Waals surface area contributed by atoms with Crippen LogP contribution in [-0.2, 0) is 18.3 Å². The molecule has 0 fully saturated rings. The van der Waals surface area contributed by atoms with Gasteiger partial charge in [0.2, 0.25) is 0 Å². The Morgan fingerprint density at radius 2 is 1.55 bits per heavy atom. The summed E-state index contributed by atoms with van der Waals surface area (Å²) < 4.78 is 25.6. The highest BCUT2D eigenvalue weighted by Gasteiger charge is 2.22. The minimum Gasteiger partial charge on any atom is -0.444 e. The molecule has 0 amide bonds. The summed E-state index contributed by atoms with van der Waals surface area (Å²) in [5.74, 6) is 2.91. The molecule has 0 saturated heterocycles. The average Bonchev–Trinajstić information content (AvgIpc) is 2.80. The molecular formula is C25H46NO6P. The van der Waals surface area contributed by atoms with Crippen molar-refractivity contribution in [2.45, 2.75) is 96.5 Å². The van der Waals surface area contributed by atoms with Gasteiger partial charge in [0.25, 0.3) is 0 Å². The zero-order valence-corrected chi connectivity index (χ0v) is 21.4. The Labute approximate surface area is 201 Å². The van der Waals surface area contributed by atoms with Crippen molar-refractivity contribution < 1.29 is 28.3 Å². The quantitative estimate of drug-likeness (QED) is 0.0786. The van der Waals surface area contributed by atoms with Crippen LogP contribution in [0.3, 0.4) is 0 Å². The molecule has 4 N–H and O–H groups in total. The second-order valence-electron chi connectivity index (χ2n) is 7.96. The topological polar surface area (TPSA) is 111 Å². The van der Waals surface area contributed by atoms with Gasteiger partial charge in [0.1, 0.15) is 18.8 Å². The van der Waals surface area contributed by atoms with Gasteiger partial charge in [-0.05, 0) is 38.5 Å². The summed E-state index contributed by atoms with van der Waals surface area (Å²) in [6.45, 7) is 1.75. The molecule has 0 saturated carbocycles. The zero-order valence-electron chi connectivity index (χ0n) is 20.5. The van der Waals surface area contributed by atoms with Crippen molar-refractivity contribution in [2.75, 3.05) is 26.4 Å². The number of unbranched alkanes of at least 4 members (excludes halogenated alkanes) is 10. The fourth-order valence-corrected chi connectivity index (χ4v) is 3.65. The number of aliphatic hydroxyl groups excluding tert-OH is 1. The lowest BCUT2D eigenvalue weighted by atomic mass is 10.1. The second-order valence-corrected chi connectivity index (χ2v) is 9.42. The summed E-state index contributed by atoms with van der Waals surface area (Å²) in [7, 11) is -4.18. The standard InChI is InChI=1S/C25H46NO6P/c1-2-3-4-5-6-7-8-9-10-11-12-13-14-15-16-17-18-19-21-30-23-25(27)24-32-33(28,29)31-22-20-26/h6-7,9-10,25,27H,2-5,8,11-18,20,22-24,26H2,1H3,(H,28,29)/b7-6-,10-9-/t25-/m1/s1. The molecule has 0 rings (SSSR count). The minimum absolute atomic E-state index is 0.0967. The number of phosphoric ester groups is 1. The maximum absolute atomic E-state index is 11.4. The number of aliphatic hydroxyl groups is 1. The van der Waals surface area contributed by atoms with E-state index in [-0.39, 0.29) is 26.4 Å². The minimum atomic E-state index is -4.18. The van der Waals surface area contributed by atoms with E-state index in [2.05, 4.69) is 52.3 Å². The monoisotopic (exact) mass is 487 g/mol. The third kappa shape index (κ3) is 25.3. The van der Waals surface area contributed by atoms with Gasteiger partial charge in [0, 0.05) is 13.0 Å². The molecular weight excluding hydrogens is 441 g/mol. The normalized spacial score (nSPS) is 14.3. The molecule has 0 aromatic rings. The van der Waals surface area contributed by atoms with E-state index < -0.39 is 13.9 Å². The van der Waals surface area contributed by atoms with Gasteiger partial charge < -0.3 is 20.5 Å². The van der Waals surface area contributed by atoms with Crippen molar-refractivity contribution >= 4 is 7.82 Å². The summed E-state index contributed by atoms with van der Waals surface area (Å²) >= 11 is 0. The number of hydrogen-bond donors (Lipinski definition) is 3. The first-order valence-electron chi connectivity index (χ1n) is 12.4. The highest BCUT2D eigenvalue weighted by Crippen LogP contribution is 2.42. The van der Waals surface area contributed by atoms with Gasteiger partial charge >= 0.3 is 7.82 Å². The number of rotatable bonds is 22. The van der Waals surface area contributed by atoms with Crippen molar-refractivity contribution in [3.63, 3.8) is 0 Å². The Hall–Kier alpha value is -1.13. The molecule has 7 nitrogen and oxygen atoms in total. The molecule has 0 heterocycles. The van der Waals surface area contributed by atoms with Gasteiger partial charge in [0.15, 0.2) is 0 Å². The molecule has 0 aromatic carbocycles. The molecule has 0 bridgehead atoms. The number of hydrogen-bond acceptors (Lipinski definition) is 6. The summed E-state index contributed by atoms with van der Waals surface area (Å²) in [4.78, 5) is 9.31. The van der Waals surface area contributed by atoms with E-state index in [9.17, 15) is 14.6 Å². The third-order valence-electron chi connectivity index (χ3n) is 4.72. The molecule has 0 spiro atoms. The van der Waals surface area contributed by atoms with Gasteiger partial charge in [-0.1, -0.05) is 75.7 Å². The molecule has 33 heavy (non-hydrogen) atoms. The Balaban J connectivity index is 3.46. The van der Waals surface area contributed by atoms with Crippen LogP contribution in [0, 0.1) is 12.0 Å². The van der Waals surface area contributed by atoms with E-state index >= 15 is 0 Å². The highest BCUT2D eigenvalue weighted by molar-refractivity contribution is 7.47. The van der Waals surface area contributed by atoms with Crippen LogP contribution < -0.4 is 5.73 Å². The highest BCUT2D eigenvalue weighted by atomic mass is 31.2. The van der Waals surface area contributed by atoms with E-state index in [4.69, 9.17) is 10.5 Å². The fourth-order valence-electron chi connectivity index (χ4n) is 2.88. The van der Waals surface area contributed by atoms with Gasteiger partial charge in [-0.25, -0.2) is 4.57 Å². The van der Waals surface area contributed by atoms with E-state index in [0.717, 1.165) is 25.7 Å². The fraction of sp³-hybridized carbons (Fsp3) is 0.760. The van der Waals surface area contributed by atoms with Crippen LogP contribution in [-0.4, -0.2) is 42.5 Å². The SMILES string of the molecule is CCCCC/C=C\C/C=C\CCCCCCCCC#COC[C@@H](O)COP(=O)(O)OCCN. The predicted octanol–water partition coefficient (Wildman–Crippen LogP) is 5.62. The third-order valence-corrected chi connectivity index (χ3v) is 5.71. The first-order valence-corrected chi connectivity index (χ1v) is 13.9. The average molecular weight is 488 g/mol. The lowest BCUT2D eigenvalue weighted by molar-refractivity contribution is 0.0360. The maximum atomic E-state index is 11.4. The Morgan fingerprint density at radius 3 is 2.21 bits per heavy atom. The molecule has 0 radical (unpaired) electrons. The Kier molecular flexibility index (Phi) is 23.2. The van der Waals surface area contributed by atoms with Gasteiger partial charge in [-0.2, -0.15) is 0 Å². The molecule has 2 atom stereocenters. The molecule has 0 aromatic heterocycles. The van der Waals surface area contributed by atoms with Crippen LogP contribution in [0.5, 0.6) is 0 Å². The van der Waals surface area contributed by atoms with Crippen LogP contribution in [0.4, 0.5) is 0 Å². The molecule has 192 valence electrons. The zero-order chi connectivity index (χ0) is 24.5. The van der Waals surface area contributed by atoms with Gasteiger partial charge in [-0.15, -0.1) is 0 Å². The van der Waals surface area contributed by atoms with Crippen molar-refractivity contribution in [3.05, 3.63) is 24.3 Å². The lowest BCUT2D eigenvalue weighted by Gasteiger charge is -2.14. The van der Waals surface area contributed by atoms with Crippen molar-refractivity contribution in [1.82, 2.24) is 0 Å². The van der Waals surface area contributed by atoms with Crippen LogP contribution in [0.1, 0.15) is 90.4 Å². The summed E-state index contributed by atoms with van der Waals surface area (Å²) in [6, 6.07) is 0. The number of allylic oxidation sites excluding steroid dienone is 4. The smallest absolute Gasteiger partial charge is 0.444 e. The van der Waals surface area contributed by atoms with Crippen molar-refractivity contribution in [3.8, 4) is 12.0 Å². The molecule has 0 aliphatic heterocycles. The Bertz CT molecular complexity index is 599. The van der Waals surface area contributed by atoms with E-state index in [1.165, 1.54) is 57.8 Å². The molecule has 8 heteroatoms. The van der Waals surface area contributed by atoms with Gasteiger partial charge in [-0.3, -0.25) is 9.05 Å². The van der Waals surface area contributed by atoms with Crippen molar-refractivity contribution in [1.29, 1.82) is 0 Å². The molecule has 0 aliphatic carbocycles. The van der Waals surface area contributed by atoms with E-state index in [1.807, 2.05) is 0 Å². The van der Waals surface area contributed by atoms with Crippen molar-refractivity contribution in [2.24, 2.45) is 5.73 Å². The number of ether oxygens (including phenoxy) is 1. The van der Waals surface area contributed by atoms with Crippen LogP contribution in [0.2, 0.25) is 0 Å².